The average Bonchev–Trinajstić information content (AvgIpc) is 3.69. The molecule has 4 aromatic carbocycles. The van der Waals surface area contributed by atoms with Crippen LogP contribution in [0.15, 0.2) is 122 Å². The summed E-state index contributed by atoms with van der Waals surface area (Å²) < 4.78 is 0. The number of likely N-dealkylation sites (tertiary alicyclic amines) is 1. The van der Waals surface area contributed by atoms with Crippen LogP contribution in [0.3, 0.4) is 0 Å². The lowest BCUT2D eigenvalue weighted by atomic mass is 9.98. The minimum absolute atomic E-state index is 0.0789. The summed E-state index contributed by atoms with van der Waals surface area (Å²) in [6.07, 6.45) is 3.53. The van der Waals surface area contributed by atoms with Gasteiger partial charge in [-0.15, -0.1) is 0 Å². The number of amides is 3. The van der Waals surface area contributed by atoms with Gasteiger partial charge in [-0.3, -0.25) is 24.4 Å². The van der Waals surface area contributed by atoms with Gasteiger partial charge in [0.25, 0.3) is 17.7 Å². The van der Waals surface area contributed by atoms with Gasteiger partial charge in [0.2, 0.25) is 0 Å². The van der Waals surface area contributed by atoms with Crippen molar-refractivity contribution in [2.24, 2.45) is 0 Å². The Balaban J connectivity index is 0.000000201. The van der Waals surface area contributed by atoms with Crippen LogP contribution in [0, 0.1) is 27.7 Å². The van der Waals surface area contributed by atoms with Crippen LogP contribution in [0.5, 0.6) is 0 Å². The standard InChI is InChI=1S/C26H27N3O3.C22H20N2O3/c1-17-3-7-20(8-4-17)21-11-22(25(31)28-15-19-6-5-18(2)27-14-19)13-23(12-21)26(32)29-10-9-24(30)16-29;1-14-3-7-17(8-4-14)18-9-19(11-20(10-18)22(26)27)21(25)24-13-16-6-5-15(2)23-12-16/h3-8,11-14,24,30H,9-10,15-16H2,1-2H3,(H,28,31);3-12H,13H2,1-2H3,(H,24,25)(H,26,27)/t24-;/m0./s1. The van der Waals surface area contributed by atoms with Crippen molar-refractivity contribution in [2.75, 3.05) is 13.1 Å². The van der Waals surface area contributed by atoms with Gasteiger partial charge in [-0.05, 0) is 116 Å². The number of carboxylic acids is 1. The highest BCUT2D eigenvalue weighted by Gasteiger charge is 2.26. The number of aryl methyl sites for hydroxylation is 4. The monoisotopic (exact) mass is 789 g/mol. The van der Waals surface area contributed by atoms with Crippen molar-refractivity contribution in [1.82, 2.24) is 25.5 Å². The van der Waals surface area contributed by atoms with Crippen LogP contribution in [-0.2, 0) is 13.1 Å². The molecule has 1 aliphatic rings. The molecule has 11 heteroatoms. The van der Waals surface area contributed by atoms with Crippen molar-refractivity contribution < 1.29 is 29.4 Å². The SMILES string of the molecule is Cc1ccc(-c2cc(C(=O)NCc3ccc(C)nc3)cc(C(=O)N3CC[C@H](O)C3)c2)cc1.Cc1ccc(-c2cc(C(=O)O)cc(C(=O)NCc3ccc(C)nc3)c2)cc1. The lowest BCUT2D eigenvalue weighted by Gasteiger charge is -2.17. The van der Waals surface area contributed by atoms with Crippen LogP contribution in [0.25, 0.3) is 22.3 Å². The Morgan fingerprint density at radius 2 is 1.03 bits per heavy atom. The summed E-state index contributed by atoms with van der Waals surface area (Å²) in [7, 11) is 0. The molecule has 3 amide bonds. The topological polar surface area (TPSA) is 162 Å². The van der Waals surface area contributed by atoms with Gasteiger partial charge in [-0.1, -0.05) is 71.8 Å². The summed E-state index contributed by atoms with van der Waals surface area (Å²) in [6, 6.07) is 33.2. The van der Waals surface area contributed by atoms with Crippen LogP contribution in [0.4, 0.5) is 0 Å². The number of aromatic carboxylic acids is 1. The lowest BCUT2D eigenvalue weighted by Crippen LogP contribution is -2.30. The number of nitrogens with one attached hydrogen (secondary N) is 2. The predicted molar refractivity (Wildman–Crippen MR) is 227 cm³/mol. The molecule has 300 valence electrons. The normalized spacial score (nSPS) is 13.2. The zero-order chi connectivity index (χ0) is 42.1. The van der Waals surface area contributed by atoms with E-state index in [4.69, 9.17) is 0 Å². The van der Waals surface area contributed by atoms with E-state index in [0.29, 0.717) is 54.9 Å². The smallest absolute Gasteiger partial charge is 0.335 e. The van der Waals surface area contributed by atoms with E-state index >= 15 is 0 Å². The third-order valence-electron chi connectivity index (χ3n) is 9.96. The number of carboxylic acid groups (broad SMARTS) is 1. The van der Waals surface area contributed by atoms with E-state index in [1.807, 2.05) is 113 Å². The van der Waals surface area contributed by atoms with E-state index in [-0.39, 0.29) is 23.3 Å². The minimum atomic E-state index is -1.07. The van der Waals surface area contributed by atoms with Crippen molar-refractivity contribution in [3.8, 4) is 22.3 Å². The van der Waals surface area contributed by atoms with E-state index in [2.05, 4.69) is 20.6 Å². The Labute approximate surface area is 343 Å². The van der Waals surface area contributed by atoms with Crippen LogP contribution in [0.1, 0.15) is 81.5 Å². The van der Waals surface area contributed by atoms with Crippen LogP contribution < -0.4 is 10.6 Å². The van der Waals surface area contributed by atoms with E-state index in [0.717, 1.165) is 50.3 Å². The van der Waals surface area contributed by atoms with Gasteiger partial charge in [-0.2, -0.15) is 0 Å². The van der Waals surface area contributed by atoms with E-state index in [1.165, 1.54) is 6.07 Å². The van der Waals surface area contributed by atoms with E-state index in [9.17, 15) is 29.4 Å². The Hall–Kier alpha value is -6.98. The third kappa shape index (κ3) is 11.3. The molecule has 0 bridgehead atoms. The molecule has 59 heavy (non-hydrogen) atoms. The number of benzene rings is 4. The zero-order valence-electron chi connectivity index (χ0n) is 33.5. The summed E-state index contributed by atoms with van der Waals surface area (Å²) in [5.74, 6) is -1.82. The van der Waals surface area contributed by atoms with Gasteiger partial charge in [0.15, 0.2) is 0 Å². The zero-order valence-corrected chi connectivity index (χ0v) is 33.5. The first-order valence-corrected chi connectivity index (χ1v) is 19.4. The Bertz CT molecular complexity index is 2450. The van der Waals surface area contributed by atoms with Crippen molar-refractivity contribution >= 4 is 23.7 Å². The highest BCUT2D eigenvalue weighted by Crippen LogP contribution is 2.26. The molecule has 7 rings (SSSR count). The van der Waals surface area contributed by atoms with Crippen LogP contribution >= 0.6 is 0 Å². The summed E-state index contributed by atoms with van der Waals surface area (Å²) in [5.41, 5.74) is 10.4. The van der Waals surface area contributed by atoms with Crippen molar-refractivity contribution in [2.45, 2.75) is 53.3 Å². The van der Waals surface area contributed by atoms with E-state index < -0.39 is 12.1 Å². The minimum Gasteiger partial charge on any atom is -0.478 e. The lowest BCUT2D eigenvalue weighted by molar-refractivity contribution is 0.0695. The maximum atomic E-state index is 13.1. The largest absolute Gasteiger partial charge is 0.478 e. The number of carbonyl (C=O) groups is 4. The first kappa shape index (κ1) is 41.6. The highest BCUT2D eigenvalue weighted by molar-refractivity contribution is 6.02. The van der Waals surface area contributed by atoms with Gasteiger partial charge >= 0.3 is 5.97 Å². The number of rotatable bonds is 10. The first-order valence-electron chi connectivity index (χ1n) is 19.4. The molecule has 11 nitrogen and oxygen atoms in total. The molecule has 1 aliphatic heterocycles. The number of nitrogens with zero attached hydrogens (tertiary/aromatic N) is 3. The molecule has 1 atom stereocenters. The number of aliphatic hydroxyl groups excluding tert-OH is 1. The van der Waals surface area contributed by atoms with Gasteiger partial charge in [0, 0.05) is 66.7 Å². The van der Waals surface area contributed by atoms with Gasteiger partial charge < -0.3 is 25.7 Å². The highest BCUT2D eigenvalue weighted by atomic mass is 16.4. The number of aromatic nitrogens is 2. The van der Waals surface area contributed by atoms with Crippen LogP contribution in [-0.4, -0.2) is 68.0 Å². The molecule has 0 aliphatic carbocycles. The molecule has 3 heterocycles. The van der Waals surface area contributed by atoms with Gasteiger partial charge in [-0.25, -0.2) is 4.79 Å². The molecular weight excluding hydrogens is 743 g/mol. The van der Waals surface area contributed by atoms with Crippen molar-refractivity contribution in [3.63, 3.8) is 0 Å². The first-order chi connectivity index (χ1) is 28.3. The second-order valence-electron chi connectivity index (χ2n) is 14.8. The molecule has 1 saturated heterocycles. The molecular formula is C48H47N5O6. The second-order valence-corrected chi connectivity index (χ2v) is 14.8. The number of β-amino-alcohol motifs (C(OH)–C–C–N with tert-alkyl or cyclic N) is 1. The van der Waals surface area contributed by atoms with Crippen molar-refractivity contribution in [1.29, 1.82) is 0 Å². The molecule has 0 radical (unpaired) electrons. The van der Waals surface area contributed by atoms with Gasteiger partial charge in [0.1, 0.15) is 0 Å². The molecule has 0 spiro atoms. The maximum Gasteiger partial charge on any atom is 0.335 e. The van der Waals surface area contributed by atoms with Crippen molar-refractivity contribution in [3.05, 3.63) is 177 Å². The number of pyridine rings is 2. The quantitative estimate of drug-likeness (QED) is 0.111. The van der Waals surface area contributed by atoms with Crippen LogP contribution in [0.2, 0.25) is 0 Å². The molecule has 2 aromatic heterocycles. The summed E-state index contributed by atoms with van der Waals surface area (Å²) >= 11 is 0. The summed E-state index contributed by atoms with van der Waals surface area (Å²) in [6.45, 7) is 9.30. The predicted octanol–water partition coefficient (Wildman–Crippen LogP) is 7.50. The number of hydrogen-bond donors (Lipinski definition) is 4. The molecule has 0 saturated carbocycles. The summed E-state index contributed by atoms with van der Waals surface area (Å²) in [4.78, 5) is 60.2. The second kappa shape index (κ2) is 19.0. The fraction of sp³-hybridized carbons (Fsp3) is 0.208. The van der Waals surface area contributed by atoms with Gasteiger partial charge in [0.05, 0.1) is 11.7 Å². The fourth-order valence-corrected chi connectivity index (χ4v) is 6.47. The molecule has 6 aromatic rings. The van der Waals surface area contributed by atoms with E-state index in [1.54, 1.807) is 35.5 Å². The molecule has 4 N–H and O–H groups in total. The number of hydrogen-bond acceptors (Lipinski definition) is 7. The average molecular weight is 790 g/mol. The Morgan fingerprint density at radius 3 is 1.44 bits per heavy atom. The molecule has 1 fully saturated rings. The Kier molecular flexibility index (Phi) is 13.4. The number of carbonyl (C=O) groups excluding carboxylic acids is 3. The third-order valence-corrected chi connectivity index (χ3v) is 9.96. The maximum absolute atomic E-state index is 13.1. The molecule has 0 unspecified atom stereocenters. The Morgan fingerprint density at radius 1 is 0.593 bits per heavy atom. The fourth-order valence-electron chi connectivity index (χ4n) is 6.47. The number of aliphatic hydroxyl groups is 1. The summed E-state index contributed by atoms with van der Waals surface area (Å²) in [5, 5.41) is 25.0.